The summed E-state index contributed by atoms with van der Waals surface area (Å²) in [5.41, 5.74) is 2.65. The summed E-state index contributed by atoms with van der Waals surface area (Å²) >= 11 is 0. The summed E-state index contributed by atoms with van der Waals surface area (Å²) in [6.07, 6.45) is 0. The van der Waals surface area contributed by atoms with Crippen LogP contribution in [-0.2, 0) is 11.3 Å². The van der Waals surface area contributed by atoms with Gasteiger partial charge in [-0.25, -0.2) is 4.68 Å². The molecule has 1 aromatic heterocycles. The first-order chi connectivity index (χ1) is 14.4. The van der Waals surface area contributed by atoms with Gasteiger partial charge < -0.3 is 19.5 Å². The number of carbonyl (C=O) groups is 1. The van der Waals surface area contributed by atoms with Gasteiger partial charge in [0.25, 0.3) is 5.56 Å². The van der Waals surface area contributed by atoms with Gasteiger partial charge in [0.15, 0.2) is 11.5 Å². The van der Waals surface area contributed by atoms with Gasteiger partial charge in [-0.1, -0.05) is 12.1 Å². The van der Waals surface area contributed by atoms with Crippen LogP contribution in [-0.4, -0.2) is 37.0 Å². The molecule has 1 N–H and O–H groups in total. The third-order valence-corrected chi connectivity index (χ3v) is 4.43. The highest BCUT2D eigenvalue weighted by molar-refractivity contribution is 5.88. The Kier molecular flexibility index (Phi) is 6.36. The number of aromatic nitrogens is 2. The van der Waals surface area contributed by atoms with E-state index in [0.29, 0.717) is 28.6 Å². The summed E-state index contributed by atoms with van der Waals surface area (Å²) in [7, 11) is 4.62. The minimum absolute atomic E-state index is 0.140. The zero-order valence-electron chi connectivity index (χ0n) is 17.3. The van der Waals surface area contributed by atoms with Crippen molar-refractivity contribution >= 4 is 11.6 Å². The van der Waals surface area contributed by atoms with E-state index in [1.54, 1.807) is 44.6 Å². The Labute approximate surface area is 174 Å². The van der Waals surface area contributed by atoms with Crippen LogP contribution in [0.5, 0.6) is 17.2 Å². The van der Waals surface area contributed by atoms with E-state index in [2.05, 4.69) is 10.4 Å². The molecule has 0 aliphatic heterocycles. The van der Waals surface area contributed by atoms with Crippen molar-refractivity contribution < 1.29 is 19.0 Å². The molecule has 156 valence electrons. The molecule has 0 bridgehead atoms. The maximum atomic E-state index is 12.3. The van der Waals surface area contributed by atoms with Crippen molar-refractivity contribution in [3.8, 4) is 28.5 Å². The highest BCUT2D eigenvalue weighted by Crippen LogP contribution is 2.40. The zero-order chi connectivity index (χ0) is 21.7. The maximum Gasteiger partial charge on any atom is 0.267 e. The molecule has 1 amide bonds. The van der Waals surface area contributed by atoms with Crippen molar-refractivity contribution in [1.29, 1.82) is 0 Å². The summed E-state index contributed by atoms with van der Waals surface area (Å²) in [4.78, 5) is 23.5. The first-order valence-electron chi connectivity index (χ1n) is 9.20. The van der Waals surface area contributed by atoms with Crippen molar-refractivity contribution in [2.75, 3.05) is 26.6 Å². The summed E-state index contributed by atoms with van der Waals surface area (Å²) in [5, 5.41) is 7.21. The van der Waals surface area contributed by atoms with Gasteiger partial charge >= 0.3 is 0 Å². The highest BCUT2D eigenvalue weighted by Gasteiger charge is 2.15. The van der Waals surface area contributed by atoms with Crippen LogP contribution in [0.4, 0.5) is 5.69 Å². The molecule has 0 radical (unpaired) electrons. The molecule has 0 aliphatic carbocycles. The van der Waals surface area contributed by atoms with Gasteiger partial charge in [-0.3, -0.25) is 9.59 Å². The molecular weight excluding hydrogens is 386 g/mol. The SMILES string of the molecule is COc1cc(-c2ccc(=O)n(Cc3ccc(NC(C)=O)cc3)n2)cc(OC)c1OC. The van der Waals surface area contributed by atoms with E-state index in [1.165, 1.54) is 24.8 Å². The number of nitrogens with zero attached hydrogens (tertiary/aromatic N) is 2. The molecular formula is C22H23N3O5. The molecule has 0 spiro atoms. The van der Waals surface area contributed by atoms with Crippen LogP contribution in [0.15, 0.2) is 53.3 Å². The second kappa shape index (κ2) is 9.13. The van der Waals surface area contributed by atoms with Gasteiger partial charge in [-0.05, 0) is 35.9 Å². The number of amides is 1. The molecule has 1 heterocycles. The Balaban J connectivity index is 1.94. The van der Waals surface area contributed by atoms with E-state index in [0.717, 1.165) is 11.1 Å². The van der Waals surface area contributed by atoms with Crippen molar-refractivity contribution in [2.24, 2.45) is 0 Å². The van der Waals surface area contributed by atoms with E-state index in [1.807, 2.05) is 12.1 Å². The van der Waals surface area contributed by atoms with Crippen LogP contribution in [0.1, 0.15) is 12.5 Å². The third-order valence-electron chi connectivity index (χ3n) is 4.43. The van der Waals surface area contributed by atoms with Gasteiger partial charge in [0.2, 0.25) is 11.7 Å². The molecule has 3 aromatic rings. The average molecular weight is 409 g/mol. The normalized spacial score (nSPS) is 10.4. The predicted molar refractivity (Wildman–Crippen MR) is 113 cm³/mol. The first-order valence-corrected chi connectivity index (χ1v) is 9.20. The Morgan fingerprint density at radius 2 is 1.60 bits per heavy atom. The second-order valence-electron chi connectivity index (χ2n) is 6.51. The molecule has 0 fully saturated rings. The molecule has 2 aromatic carbocycles. The molecule has 0 saturated heterocycles. The standard InChI is InChI=1S/C22H23N3O5/c1-14(26)23-17-7-5-15(6-8-17)13-25-21(27)10-9-18(24-25)16-11-19(28-2)22(30-4)20(12-16)29-3/h5-12H,13H2,1-4H3,(H,23,26). The van der Waals surface area contributed by atoms with Crippen molar-refractivity contribution in [1.82, 2.24) is 9.78 Å². The van der Waals surface area contributed by atoms with Gasteiger partial charge in [-0.2, -0.15) is 5.10 Å². The minimum atomic E-state index is -0.225. The highest BCUT2D eigenvalue weighted by atomic mass is 16.5. The van der Waals surface area contributed by atoms with Gasteiger partial charge in [0, 0.05) is 24.2 Å². The molecule has 0 unspecified atom stereocenters. The molecule has 30 heavy (non-hydrogen) atoms. The molecule has 0 aliphatic rings. The minimum Gasteiger partial charge on any atom is -0.493 e. The van der Waals surface area contributed by atoms with Crippen LogP contribution >= 0.6 is 0 Å². The number of hydrogen-bond donors (Lipinski definition) is 1. The number of ether oxygens (including phenoxy) is 3. The topological polar surface area (TPSA) is 91.7 Å². The van der Waals surface area contributed by atoms with E-state index in [4.69, 9.17) is 14.2 Å². The Bertz CT molecular complexity index is 1080. The van der Waals surface area contributed by atoms with E-state index in [9.17, 15) is 9.59 Å². The fraction of sp³-hybridized carbons (Fsp3) is 0.227. The van der Waals surface area contributed by atoms with Crippen LogP contribution in [0.3, 0.4) is 0 Å². The fourth-order valence-corrected chi connectivity index (χ4v) is 3.01. The number of rotatable bonds is 7. The average Bonchev–Trinajstić information content (AvgIpc) is 2.75. The monoisotopic (exact) mass is 409 g/mol. The number of benzene rings is 2. The fourth-order valence-electron chi connectivity index (χ4n) is 3.01. The number of nitrogens with one attached hydrogen (secondary N) is 1. The summed E-state index contributed by atoms with van der Waals surface area (Å²) < 4.78 is 17.5. The lowest BCUT2D eigenvalue weighted by atomic mass is 10.1. The van der Waals surface area contributed by atoms with Gasteiger partial charge in [-0.15, -0.1) is 0 Å². The lowest BCUT2D eigenvalue weighted by Crippen LogP contribution is -2.22. The van der Waals surface area contributed by atoms with E-state index < -0.39 is 0 Å². The van der Waals surface area contributed by atoms with E-state index >= 15 is 0 Å². The van der Waals surface area contributed by atoms with Crippen LogP contribution in [0.2, 0.25) is 0 Å². The van der Waals surface area contributed by atoms with E-state index in [-0.39, 0.29) is 18.0 Å². The summed E-state index contributed by atoms with van der Waals surface area (Å²) in [6, 6.07) is 13.9. The van der Waals surface area contributed by atoms with Crippen LogP contribution in [0.25, 0.3) is 11.3 Å². The van der Waals surface area contributed by atoms with Gasteiger partial charge in [0.05, 0.1) is 33.6 Å². The molecule has 8 heteroatoms. The number of carbonyl (C=O) groups excluding carboxylic acids is 1. The summed E-state index contributed by atoms with van der Waals surface area (Å²) in [6.45, 7) is 1.74. The number of hydrogen-bond acceptors (Lipinski definition) is 6. The molecule has 0 saturated carbocycles. The Hall–Kier alpha value is -3.81. The lowest BCUT2D eigenvalue weighted by Gasteiger charge is -2.14. The quantitative estimate of drug-likeness (QED) is 0.645. The molecule has 0 atom stereocenters. The number of anilines is 1. The smallest absolute Gasteiger partial charge is 0.267 e. The predicted octanol–water partition coefficient (Wildman–Crippen LogP) is 2.94. The second-order valence-corrected chi connectivity index (χ2v) is 6.51. The number of methoxy groups -OCH3 is 3. The Morgan fingerprint density at radius 1 is 0.967 bits per heavy atom. The van der Waals surface area contributed by atoms with Crippen molar-refractivity contribution in [3.05, 3.63) is 64.4 Å². The van der Waals surface area contributed by atoms with Crippen LogP contribution in [0, 0.1) is 0 Å². The Morgan fingerprint density at radius 3 is 2.13 bits per heavy atom. The molecule has 3 rings (SSSR count). The van der Waals surface area contributed by atoms with Crippen molar-refractivity contribution in [3.63, 3.8) is 0 Å². The third kappa shape index (κ3) is 4.60. The lowest BCUT2D eigenvalue weighted by molar-refractivity contribution is -0.114. The summed E-state index contributed by atoms with van der Waals surface area (Å²) in [5.74, 6) is 1.34. The van der Waals surface area contributed by atoms with Gasteiger partial charge in [0.1, 0.15) is 0 Å². The maximum absolute atomic E-state index is 12.3. The van der Waals surface area contributed by atoms with Crippen LogP contribution < -0.4 is 25.1 Å². The first kappa shape index (κ1) is 20.9. The largest absolute Gasteiger partial charge is 0.493 e. The zero-order valence-corrected chi connectivity index (χ0v) is 17.3. The van der Waals surface area contributed by atoms with Crippen molar-refractivity contribution in [2.45, 2.75) is 13.5 Å². The molecule has 8 nitrogen and oxygen atoms in total.